The first-order valence-corrected chi connectivity index (χ1v) is 6.33. The molecule has 4 fully saturated rings. The first-order chi connectivity index (χ1) is 6.72. The highest BCUT2D eigenvalue weighted by atomic mass is 16.3. The molecule has 4 saturated carbocycles. The maximum atomic E-state index is 9.75. The molecule has 1 nitrogen and oxygen atoms in total. The molecule has 0 aliphatic heterocycles. The summed E-state index contributed by atoms with van der Waals surface area (Å²) in [6.07, 6.45) is 7.17. The van der Waals surface area contributed by atoms with Crippen molar-refractivity contribution >= 4 is 0 Å². The molecule has 1 heteroatoms. The van der Waals surface area contributed by atoms with Crippen LogP contribution in [-0.2, 0) is 0 Å². The second-order valence-corrected chi connectivity index (χ2v) is 6.68. The summed E-state index contributed by atoms with van der Waals surface area (Å²) in [7, 11) is 0. The van der Waals surface area contributed by atoms with E-state index < -0.39 is 0 Å². The molecule has 4 aliphatic carbocycles. The van der Waals surface area contributed by atoms with Crippen LogP contribution in [0, 0.1) is 34.5 Å². The van der Waals surface area contributed by atoms with Gasteiger partial charge in [0, 0.05) is 12.0 Å². The molecule has 14 heavy (non-hydrogen) atoms. The van der Waals surface area contributed by atoms with Crippen LogP contribution in [0.5, 0.6) is 0 Å². The molecule has 0 amide bonds. The first kappa shape index (κ1) is 8.15. The summed E-state index contributed by atoms with van der Waals surface area (Å²) in [4.78, 5) is 0. The summed E-state index contributed by atoms with van der Waals surface area (Å²) < 4.78 is 0. The van der Waals surface area contributed by atoms with Gasteiger partial charge in [0.15, 0.2) is 0 Å². The smallest absolute Gasteiger partial charge is 0.0493 e. The summed E-state index contributed by atoms with van der Waals surface area (Å²) in [6, 6.07) is 0. The molecular weight excluding hydrogens is 172 g/mol. The predicted molar refractivity (Wildman–Crippen MR) is 54.7 cm³/mol. The Morgan fingerprint density at radius 1 is 1.29 bits per heavy atom. The molecule has 0 radical (unpaired) electrons. The van der Waals surface area contributed by atoms with Gasteiger partial charge in [-0.3, -0.25) is 0 Å². The number of aliphatic hydroxyl groups is 1. The number of hydrogen-bond donors (Lipinski definition) is 1. The van der Waals surface area contributed by atoms with Crippen molar-refractivity contribution in [2.75, 3.05) is 6.61 Å². The molecule has 4 rings (SSSR count). The van der Waals surface area contributed by atoms with Crippen molar-refractivity contribution in [3.8, 4) is 0 Å². The fourth-order valence-electron chi connectivity index (χ4n) is 5.96. The Labute approximate surface area is 85.9 Å². The molecular formula is C13H20O. The lowest BCUT2D eigenvalue weighted by molar-refractivity contribution is -0.144. The SMILES string of the molecule is C[C@]12C[C@H]1C[C@@]1(CO)[C@@H]2[C@@H]2CCC[C@@H]21. The van der Waals surface area contributed by atoms with Gasteiger partial charge in [0.25, 0.3) is 0 Å². The van der Waals surface area contributed by atoms with Crippen LogP contribution < -0.4 is 0 Å². The van der Waals surface area contributed by atoms with Crippen molar-refractivity contribution in [3.05, 3.63) is 0 Å². The Bertz CT molecular complexity index is 300. The molecule has 0 saturated heterocycles. The fourth-order valence-corrected chi connectivity index (χ4v) is 5.96. The lowest BCUT2D eigenvalue weighted by Gasteiger charge is -2.59. The molecule has 0 heterocycles. The van der Waals surface area contributed by atoms with E-state index in [0.717, 1.165) is 23.7 Å². The van der Waals surface area contributed by atoms with E-state index >= 15 is 0 Å². The highest BCUT2D eigenvalue weighted by Gasteiger charge is 2.78. The fraction of sp³-hybridized carbons (Fsp3) is 1.00. The molecule has 78 valence electrons. The van der Waals surface area contributed by atoms with Gasteiger partial charge in [0.05, 0.1) is 0 Å². The molecule has 0 aromatic carbocycles. The topological polar surface area (TPSA) is 20.2 Å². The van der Waals surface area contributed by atoms with Crippen LogP contribution in [0.1, 0.15) is 39.0 Å². The van der Waals surface area contributed by atoms with Crippen LogP contribution in [0.15, 0.2) is 0 Å². The van der Waals surface area contributed by atoms with Crippen molar-refractivity contribution in [2.24, 2.45) is 34.5 Å². The Hall–Kier alpha value is -0.0400. The molecule has 1 N–H and O–H groups in total. The van der Waals surface area contributed by atoms with Crippen LogP contribution in [0.2, 0.25) is 0 Å². The first-order valence-electron chi connectivity index (χ1n) is 6.33. The number of hydrogen-bond acceptors (Lipinski definition) is 1. The van der Waals surface area contributed by atoms with E-state index in [1.54, 1.807) is 0 Å². The summed E-state index contributed by atoms with van der Waals surface area (Å²) in [5.74, 6) is 3.84. The van der Waals surface area contributed by atoms with Crippen molar-refractivity contribution in [1.82, 2.24) is 0 Å². The van der Waals surface area contributed by atoms with Gasteiger partial charge in [-0.2, -0.15) is 0 Å². The second-order valence-electron chi connectivity index (χ2n) is 6.68. The van der Waals surface area contributed by atoms with Gasteiger partial charge in [-0.1, -0.05) is 13.3 Å². The molecule has 0 spiro atoms. The number of rotatable bonds is 1. The van der Waals surface area contributed by atoms with Crippen molar-refractivity contribution in [3.63, 3.8) is 0 Å². The van der Waals surface area contributed by atoms with Gasteiger partial charge in [-0.05, 0) is 54.8 Å². The van der Waals surface area contributed by atoms with Gasteiger partial charge in [-0.25, -0.2) is 0 Å². The highest BCUT2D eigenvalue weighted by Crippen LogP contribution is 2.83. The van der Waals surface area contributed by atoms with E-state index in [-0.39, 0.29) is 0 Å². The monoisotopic (exact) mass is 192 g/mol. The minimum Gasteiger partial charge on any atom is -0.396 e. The normalized spacial score (nSPS) is 68.1. The third-order valence-electron chi connectivity index (χ3n) is 6.45. The van der Waals surface area contributed by atoms with Gasteiger partial charge in [0.1, 0.15) is 0 Å². The van der Waals surface area contributed by atoms with E-state index in [1.165, 1.54) is 32.1 Å². The third kappa shape index (κ3) is 0.599. The van der Waals surface area contributed by atoms with E-state index in [9.17, 15) is 5.11 Å². The Balaban J connectivity index is 1.76. The van der Waals surface area contributed by atoms with Crippen LogP contribution in [0.4, 0.5) is 0 Å². The number of fused-ring (bicyclic) bond motifs is 6. The van der Waals surface area contributed by atoms with Crippen molar-refractivity contribution in [1.29, 1.82) is 0 Å². The average Bonchev–Trinajstić information content (AvgIpc) is 2.58. The van der Waals surface area contributed by atoms with E-state index in [0.29, 0.717) is 17.4 Å². The van der Waals surface area contributed by atoms with Crippen LogP contribution in [0.25, 0.3) is 0 Å². The summed E-state index contributed by atoms with van der Waals surface area (Å²) in [5.41, 5.74) is 1.09. The molecule has 0 aromatic rings. The molecule has 0 aromatic heterocycles. The van der Waals surface area contributed by atoms with Gasteiger partial charge < -0.3 is 5.11 Å². The number of aliphatic hydroxyl groups excluding tert-OH is 1. The lowest BCUT2D eigenvalue weighted by atomic mass is 9.46. The second kappa shape index (κ2) is 2.07. The molecule has 6 atom stereocenters. The lowest BCUT2D eigenvalue weighted by Crippen LogP contribution is -2.56. The van der Waals surface area contributed by atoms with E-state index in [4.69, 9.17) is 0 Å². The van der Waals surface area contributed by atoms with Gasteiger partial charge >= 0.3 is 0 Å². The summed E-state index contributed by atoms with van der Waals surface area (Å²) in [5, 5.41) is 9.75. The van der Waals surface area contributed by atoms with Crippen molar-refractivity contribution < 1.29 is 5.11 Å². The quantitative estimate of drug-likeness (QED) is 0.676. The van der Waals surface area contributed by atoms with Crippen LogP contribution in [0.3, 0.4) is 0 Å². The Kier molecular flexibility index (Phi) is 1.20. The molecule has 0 unspecified atom stereocenters. The van der Waals surface area contributed by atoms with Gasteiger partial charge in [-0.15, -0.1) is 0 Å². The standard InChI is InChI=1S/C13H20O/c1-12-5-8(12)6-13(7-14)10-4-2-3-9(10)11(12)13/h8-11,14H,2-7H2,1H3/t8-,9+,10-,11+,12-,13-/m0/s1. The maximum absolute atomic E-state index is 9.75. The van der Waals surface area contributed by atoms with Crippen LogP contribution >= 0.6 is 0 Å². The van der Waals surface area contributed by atoms with Crippen LogP contribution in [-0.4, -0.2) is 11.7 Å². The molecule has 4 aliphatic rings. The minimum atomic E-state index is 0.416. The average molecular weight is 192 g/mol. The minimum absolute atomic E-state index is 0.416. The van der Waals surface area contributed by atoms with Gasteiger partial charge in [0.2, 0.25) is 0 Å². The van der Waals surface area contributed by atoms with Crippen molar-refractivity contribution in [2.45, 2.75) is 39.0 Å². The zero-order valence-corrected chi connectivity index (χ0v) is 9.00. The van der Waals surface area contributed by atoms with E-state index in [2.05, 4.69) is 6.92 Å². The third-order valence-corrected chi connectivity index (χ3v) is 6.45. The zero-order chi connectivity index (χ0) is 9.55. The zero-order valence-electron chi connectivity index (χ0n) is 9.00. The summed E-state index contributed by atoms with van der Waals surface area (Å²) in [6.45, 7) is 2.99. The Morgan fingerprint density at radius 3 is 2.93 bits per heavy atom. The maximum Gasteiger partial charge on any atom is 0.0493 e. The van der Waals surface area contributed by atoms with E-state index in [1.807, 2.05) is 0 Å². The largest absolute Gasteiger partial charge is 0.396 e. The highest BCUT2D eigenvalue weighted by molar-refractivity contribution is 5.26. The Morgan fingerprint density at radius 2 is 2.14 bits per heavy atom. The molecule has 0 bridgehead atoms. The summed E-state index contributed by atoms with van der Waals surface area (Å²) >= 11 is 0. The predicted octanol–water partition coefficient (Wildman–Crippen LogP) is 2.44.